The fraction of sp³-hybridized carbons (Fsp3) is 0.700. The van der Waals surface area contributed by atoms with Gasteiger partial charge in [-0.15, -0.1) is 0 Å². The molecule has 2 aromatic carbocycles. The molecule has 0 bridgehead atoms. The molecule has 0 spiro atoms. The first-order valence-corrected chi connectivity index (χ1v) is 22.0. The van der Waals surface area contributed by atoms with Crippen molar-refractivity contribution in [1.82, 2.24) is 0 Å². The van der Waals surface area contributed by atoms with Gasteiger partial charge >= 0.3 is 23.1 Å². The Bertz CT molecular complexity index is 1180. The van der Waals surface area contributed by atoms with Gasteiger partial charge in [-0.25, -0.2) is 16.8 Å². The van der Waals surface area contributed by atoms with Crippen LogP contribution in [0.4, 0.5) is 0 Å². The molecule has 0 aliphatic rings. The molecule has 6 nitrogen and oxygen atoms in total. The van der Waals surface area contributed by atoms with Gasteiger partial charge in [-0.05, 0) is 48.9 Å². The SMILES string of the molecule is CCCCCCCCCCCCCCc1ccccc1S(=O)(=O)[O-].CCCCCCCCCCCCCCc1ccccc1S(=O)(=O)[O-].[Mg+2]. The number of hydrogen-bond acceptors (Lipinski definition) is 6. The molecular formula is C40H66MgO6S2. The summed E-state index contributed by atoms with van der Waals surface area (Å²) in [5.74, 6) is 0. The van der Waals surface area contributed by atoms with Gasteiger partial charge in [0.1, 0.15) is 20.2 Å². The van der Waals surface area contributed by atoms with Crippen molar-refractivity contribution in [1.29, 1.82) is 0 Å². The van der Waals surface area contributed by atoms with Crippen LogP contribution in [0.3, 0.4) is 0 Å². The minimum absolute atomic E-state index is 0. The van der Waals surface area contributed by atoms with E-state index in [9.17, 15) is 25.9 Å². The molecule has 0 heterocycles. The summed E-state index contributed by atoms with van der Waals surface area (Å²) >= 11 is 0. The minimum atomic E-state index is -4.35. The number of hydrogen-bond donors (Lipinski definition) is 0. The van der Waals surface area contributed by atoms with Crippen molar-refractivity contribution in [2.45, 2.75) is 191 Å². The van der Waals surface area contributed by atoms with Gasteiger partial charge in [-0.2, -0.15) is 0 Å². The summed E-state index contributed by atoms with van der Waals surface area (Å²) in [5.41, 5.74) is 1.33. The van der Waals surface area contributed by atoms with E-state index in [4.69, 9.17) is 0 Å². The summed E-state index contributed by atoms with van der Waals surface area (Å²) in [6.07, 6.45) is 32.0. The van der Waals surface area contributed by atoms with Gasteiger partial charge in [0.15, 0.2) is 0 Å². The molecule has 0 radical (unpaired) electrons. The Labute approximate surface area is 317 Å². The monoisotopic (exact) mass is 730 g/mol. The van der Waals surface area contributed by atoms with Crippen LogP contribution in [0.25, 0.3) is 0 Å². The zero-order chi connectivity index (χ0) is 35.4. The number of benzene rings is 2. The van der Waals surface area contributed by atoms with E-state index >= 15 is 0 Å². The second-order valence-corrected chi connectivity index (χ2v) is 16.1. The summed E-state index contributed by atoms with van der Waals surface area (Å²) in [4.78, 5) is -0.0962. The van der Waals surface area contributed by atoms with Crippen LogP contribution in [0.15, 0.2) is 58.3 Å². The number of aryl methyl sites for hydroxylation is 2. The predicted octanol–water partition coefficient (Wildman–Crippen LogP) is 11.3. The van der Waals surface area contributed by atoms with E-state index in [0.29, 0.717) is 24.0 Å². The van der Waals surface area contributed by atoms with E-state index in [-0.39, 0.29) is 32.8 Å². The molecule has 0 N–H and O–H groups in total. The third kappa shape index (κ3) is 25.6. The van der Waals surface area contributed by atoms with Crippen LogP contribution in [0.5, 0.6) is 0 Å². The van der Waals surface area contributed by atoms with Crippen molar-refractivity contribution in [2.24, 2.45) is 0 Å². The van der Waals surface area contributed by atoms with Gasteiger partial charge in [0.05, 0.1) is 9.79 Å². The van der Waals surface area contributed by atoms with E-state index in [1.165, 1.54) is 141 Å². The molecule has 2 aromatic rings. The Morgan fingerprint density at radius 1 is 0.388 bits per heavy atom. The zero-order valence-electron chi connectivity index (χ0n) is 31.0. The van der Waals surface area contributed by atoms with Crippen LogP contribution in [0.2, 0.25) is 0 Å². The van der Waals surface area contributed by atoms with Crippen LogP contribution < -0.4 is 0 Å². The summed E-state index contributed by atoms with van der Waals surface area (Å²) in [7, 11) is -8.70. The van der Waals surface area contributed by atoms with Crippen LogP contribution in [-0.4, -0.2) is 49.0 Å². The van der Waals surface area contributed by atoms with Crippen LogP contribution in [0.1, 0.15) is 179 Å². The molecule has 0 saturated carbocycles. The van der Waals surface area contributed by atoms with Gasteiger partial charge in [0.25, 0.3) is 0 Å². The van der Waals surface area contributed by atoms with E-state index in [2.05, 4.69) is 13.8 Å². The van der Waals surface area contributed by atoms with Crippen LogP contribution in [0, 0.1) is 0 Å². The van der Waals surface area contributed by atoms with Crippen molar-refractivity contribution >= 4 is 43.3 Å². The molecule has 0 saturated heterocycles. The van der Waals surface area contributed by atoms with Crippen molar-refractivity contribution in [3.05, 3.63) is 59.7 Å². The average Bonchev–Trinajstić information content (AvgIpc) is 3.05. The van der Waals surface area contributed by atoms with Crippen molar-refractivity contribution in [3.8, 4) is 0 Å². The number of unbranched alkanes of at least 4 members (excludes halogenated alkanes) is 22. The molecule has 276 valence electrons. The van der Waals surface area contributed by atoms with Gasteiger partial charge in [-0.1, -0.05) is 192 Å². The minimum Gasteiger partial charge on any atom is -0.744 e. The first-order valence-electron chi connectivity index (χ1n) is 19.2. The molecule has 9 heteroatoms. The van der Waals surface area contributed by atoms with Gasteiger partial charge in [0, 0.05) is 0 Å². The summed E-state index contributed by atoms with van der Waals surface area (Å²) in [6.45, 7) is 4.50. The van der Waals surface area contributed by atoms with Crippen molar-refractivity contribution in [2.75, 3.05) is 0 Å². The Kier molecular flexibility index (Phi) is 30.0. The average molecular weight is 731 g/mol. The summed E-state index contributed by atoms with van der Waals surface area (Å²) in [5, 5.41) is 0. The molecule has 2 rings (SSSR count). The van der Waals surface area contributed by atoms with E-state index in [0.717, 1.165) is 25.7 Å². The first-order chi connectivity index (χ1) is 23.1. The molecule has 0 aliphatic heterocycles. The second-order valence-electron chi connectivity index (χ2n) is 13.4. The summed E-state index contributed by atoms with van der Waals surface area (Å²) < 4.78 is 67.3. The third-order valence-electron chi connectivity index (χ3n) is 9.08. The van der Waals surface area contributed by atoms with E-state index in [1.807, 2.05) is 0 Å². The quantitative estimate of drug-likeness (QED) is 0.0489. The molecule has 0 unspecified atom stereocenters. The molecular weight excluding hydrogens is 665 g/mol. The normalized spacial score (nSPS) is 11.5. The number of rotatable bonds is 28. The van der Waals surface area contributed by atoms with Crippen LogP contribution in [-0.2, 0) is 33.1 Å². The fourth-order valence-electron chi connectivity index (χ4n) is 6.22. The largest absolute Gasteiger partial charge is 2.00 e. The maximum absolute atomic E-state index is 11.2. The maximum Gasteiger partial charge on any atom is 2.00 e. The molecule has 0 atom stereocenters. The Balaban J connectivity index is 0.000000922. The van der Waals surface area contributed by atoms with Crippen molar-refractivity contribution in [3.63, 3.8) is 0 Å². The topological polar surface area (TPSA) is 114 Å². The second kappa shape index (κ2) is 30.6. The molecule has 49 heavy (non-hydrogen) atoms. The van der Waals surface area contributed by atoms with Crippen LogP contribution >= 0.6 is 0 Å². The zero-order valence-corrected chi connectivity index (χ0v) is 34.0. The van der Waals surface area contributed by atoms with Gasteiger partial charge < -0.3 is 9.11 Å². The molecule has 0 amide bonds. The Hall–Kier alpha value is -0.974. The predicted molar refractivity (Wildman–Crippen MR) is 204 cm³/mol. The Morgan fingerprint density at radius 2 is 0.612 bits per heavy atom. The third-order valence-corrected chi connectivity index (χ3v) is 11.0. The molecule has 0 aromatic heterocycles. The standard InChI is InChI=1S/2C20H34O3S.Mg/c2*1-2-3-4-5-6-7-8-9-10-11-12-13-16-19-17-14-15-18-20(19)24(21,22)23;/h2*14-15,17-18H,2-13,16H2,1H3,(H,21,22,23);/q;;+2/p-2. The van der Waals surface area contributed by atoms with Gasteiger partial charge in [0.2, 0.25) is 0 Å². The van der Waals surface area contributed by atoms with Gasteiger partial charge in [-0.3, -0.25) is 0 Å². The van der Waals surface area contributed by atoms with E-state index in [1.54, 1.807) is 36.4 Å². The fourth-order valence-corrected chi connectivity index (χ4v) is 7.69. The smallest absolute Gasteiger partial charge is 0.744 e. The Morgan fingerprint density at radius 3 is 0.857 bits per heavy atom. The van der Waals surface area contributed by atoms with Crippen molar-refractivity contribution < 1.29 is 25.9 Å². The molecule has 0 fully saturated rings. The maximum atomic E-state index is 11.2. The first kappa shape index (κ1) is 48.0. The summed E-state index contributed by atoms with van der Waals surface area (Å²) in [6, 6.07) is 13.1. The molecule has 0 aliphatic carbocycles. The van der Waals surface area contributed by atoms with E-state index < -0.39 is 20.2 Å².